The minimum Gasteiger partial charge on any atom is -0.302 e. The summed E-state index contributed by atoms with van der Waals surface area (Å²) in [6.07, 6.45) is 2.87. The normalized spacial score (nSPS) is 10.7. The largest absolute Gasteiger partial charge is 0.302 e. The van der Waals surface area contributed by atoms with Crippen molar-refractivity contribution in [3.8, 4) is 10.7 Å². The summed E-state index contributed by atoms with van der Waals surface area (Å²) in [7, 11) is 0. The lowest BCUT2D eigenvalue weighted by atomic mass is 10.1. The van der Waals surface area contributed by atoms with E-state index in [2.05, 4.69) is 33.1 Å². The Balaban J connectivity index is 1.70. The van der Waals surface area contributed by atoms with Crippen molar-refractivity contribution in [2.75, 3.05) is 5.32 Å². The summed E-state index contributed by atoms with van der Waals surface area (Å²) < 4.78 is 2.38. The zero-order valence-corrected chi connectivity index (χ0v) is 16.9. The molecule has 27 heavy (non-hydrogen) atoms. The summed E-state index contributed by atoms with van der Waals surface area (Å²) in [4.78, 5) is 17.6. The molecule has 0 radical (unpaired) electrons. The van der Waals surface area contributed by atoms with Gasteiger partial charge in [0.05, 0.1) is 10.6 Å². The summed E-state index contributed by atoms with van der Waals surface area (Å²) in [5.74, 6) is 0.650. The van der Waals surface area contributed by atoms with Crippen LogP contribution in [0.3, 0.4) is 0 Å². The number of H-pyrrole nitrogens is 1. The van der Waals surface area contributed by atoms with Crippen molar-refractivity contribution in [3.05, 3.63) is 58.5 Å². The molecule has 6 nitrogen and oxygen atoms in total. The second-order valence-electron chi connectivity index (χ2n) is 6.22. The summed E-state index contributed by atoms with van der Waals surface area (Å²) in [5.41, 5.74) is 3.15. The zero-order valence-electron chi connectivity index (χ0n) is 15.3. The van der Waals surface area contributed by atoms with Gasteiger partial charge in [-0.05, 0) is 38.0 Å². The Morgan fingerprint density at radius 3 is 3.00 bits per heavy atom. The van der Waals surface area contributed by atoms with Crippen LogP contribution in [0.1, 0.15) is 23.2 Å². The van der Waals surface area contributed by atoms with E-state index in [4.69, 9.17) is 12.2 Å². The fraction of sp³-hybridized carbons (Fsp3) is 0.263. The molecule has 1 amide bonds. The quantitative estimate of drug-likeness (QED) is 0.455. The van der Waals surface area contributed by atoms with Crippen molar-refractivity contribution in [1.82, 2.24) is 19.7 Å². The Labute approximate surface area is 167 Å². The number of benzene rings is 1. The Bertz CT molecular complexity index is 1030. The predicted molar refractivity (Wildman–Crippen MR) is 112 cm³/mol. The third-order valence-electron chi connectivity index (χ3n) is 4.04. The van der Waals surface area contributed by atoms with Crippen molar-refractivity contribution < 1.29 is 4.79 Å². The van der Waals surface area contributed by atoms with E-state index in [0.717, 1.165) is 16.1 Å². The van der Waals surface area contributed by atoms with Crippen LogP contribution in [-0.2, 0) is 17.8 Å². The number of thiazole rings is 1. The molecule has 0 atom stereocenters. The number of amides is 1. The molecule has 0 aliphatic carbocycles. The standard InChI is InChI=1S/C19H21N5OS2/c1-4-10-24-17(22-23-19(24)26)16-13(3)20-18(27-16)21-15(25)9-8-14-7-5-6-12(2)11-14/h4-7,11H,1,8-10H2,2-3H3,(H,23,26)(H,20,21,25). The van der Waals surface area contributed by atoms with Gasteiger partial charge in [0.25, 0.3) is 0 Å². The van der Waals surface area contributed by atoms with Gasteiger partial charge in [-0.15, -0.1) is 6.58 Å². The third kappa shape index (κ3) is 4.58. The molecule has 140 valence electrons. The number of aromatic amines is 1. The van der Waals surface area contributed by atoms with E-state index >= 15 is 0 Å². The second kappa shape index (κ2) is 8.41. The van der Waals surface area contributed by atoms with Crippen LogP contribution in [0.15, 0.2) is 36.9 Å². The molecule has 0 bridgehead atoms. The number of hydrogen-bond donors (Lipinski definition) is 2. The van der Waals surface area contributed by atoms with Gasteiger partial charge in [-0.2, -0.15) is 5.10 Å². The number of aryl methyl sites for hydroxylation is 3. The molecule has 3 rings (SSSR count). The van der Waals surface area contributed by atoms with E-state index in [-0.39, 0.29) is 5.91 Å². The van der Waals surface area contributed by atoms with Gasteiger partial charge in [0.1, 0.15) is 0 Å². The van der Waals surface area contributed by atoms with Gasteiger partial charge in [0.15, 0.2) is 15.7 Å². The first-order chi connectivity index (χ1) is 13.0. The number of hydrogen-bond acceptors (Lipinski definition) is 5. The minimum absolute atomic E-state index is 0.0539. The SMILES string of the molecule is C=CCn1c(-c2sc(NC(=O)CCc3cccc(C)c3)nc2C)n[nH]c1=S. The molecule has 3 aromatic rings. The van der Waals surface area contributed by atoms with Gasteiger partial charge >= 0.3 is 0 Å². The Kier molecular flexibility index (Phi) is 5.98. The highest BCUT2D eigenvalue weighted by Gasteiger charge is 2.17. The van der Waals surface area contributed by atoms with Gasteiger partial charge < -0.3 is 5.32 Å². The maximum atomic E-state index is 12.3. The summed E-state index contributed by atoms with van der Waals surface area (Å²) >= 11 is 6.65. The summed E-state index contributed by atoms with van der Waals surface area (Å²) in [5, 5.41) is 10.6. The Morgan fingerprint density at radius 1 is 1.44 bits per heavy atom. The van der Waals surface area contributed by atoms with E-state index in [1.165, 1.54) is 16.9 Å². The number of nitrogens with zero attached hydrogens (tertiary/aromatic N) is 3. The average molecular weight is 400 g/mol. The number of aromatic nitrogens is 4. The molecule has 2 aromatic heterocycles. The summed E-state index contributed by atoms with van der Waals surface area (Å²) in [6, 6.07) is 8.19. The van der Waals surface area contributed by atoms with Crippen LogP contribution in [0.5, 0.6) is 0 Å². The van der Waals surface area contributed by atoms with Gasteiger partial charge in [-0.3, -0.25) is 14.5 Å². The van der Waals surface area contributed by atoms with Crippen LogP contribution < -0.4 is 5.32 Å². The summed E-state index contributed by atoms with van der Waals surface area (Å²) in [6.45, 7) is 8.25. The first kappa shape index (κ1) is 19.2. The topological polar surface area (TPSA) is 75.6 Å². The number of carbonyl (C=O) groups excluding carboxylic acids is 1. The van der Waals surface area contributed by atoms with Gasteiger partial charge in [-0.1, -0.05) is 47.2 Å². The molecule has 2 heterocycles. The Morgan fingerprint density at radius 2 is 2.26 bits per heavy atom. The van der Waals surface area contributed by atoms with Crippen molar-refractivity contribution in [2.45, 2.75) is 33.2 Å². The molecular formula is C19H21N5OS2. The van der Waals surface area contributed by atoms with Crippen LogP contribution in [0.25, 0.3) is 10.7 Å². The molecule has 0 aliphatic heterocycles. The lowest BCUT2D eigenvalue weighted by Crippen LogP contribution is -2.12. The van der Waals surface area contributed by atoms with Crippen molar-refractivity contribution in [3.63, 3.8) is 0 Å². The molecule has 0 saturated heterocycles. The molecule has 2 N–H and O–H groups in total. The lowest BCUT2D eigenvalue weighted by molar-refractivity contribution is -0.116. The number of allylic oxidation sites excluding steroid dienone is 1. The van der Waals surface area contributed by atoms with Gasteiger partial charge in [-0.25, -0.2) is 4.98 Å². The smallest absolute Gasteiger partial charge is 0.226 e. The maximum Gasteiger partial charge on any atom is 0.226 e. The van der Waals surface area contributed by atoms with E-state index in [1.807, 2.05) is 36.6 Å². The van der Waals surface area contributed by atoms with Gasteiger partial charge in [0.2, 0.25) is 5.91 Å². The highest BCUT2D eigenvalue weighted by atomic mass is 32.1. The molecule has 0 fully saturated rings. The van der Waals surface area contributed by atoms with Crippen LogP contribution in [0, 0.1) is 18.6 Å². The van der Waals surface area contributed by atoms with E-state index in [1.54, 1.807) is 6.08 Å². The molecule has 8 heteroatoms. The molecule has 0 saturated carbocycles. The second-order valence-corrected chi connectivity index (χ2v) is 7.61. The highest BCUT2D eigenvalue weighted by Crippen LogP contribution is 2.31. The fourth-order valence-electron chi connectivity index (χ4n) is 2.75. The van der Waals surface area contributed by atoms with Crippen molar-refractivity contribution in [1.29, 1.82) is 0 Å². The molecule has 0 aliphatic rings. The lowest BCUT2D eigenvalue weighted by Gasteiger charge is -2.03. The monoisotopic (exact) mass is 399 g/mol. The van der Waals surface area contributed by atoms with E-state index in [9.17, 15) is 4.79 Å². The molecule has 0 unspecified atom stereocenters. The van der Waals surface area contributed by atoms with Crippen LogP contribution in [0.4, 0.5) is 5.13 Å². The first-order valence-electron chi connectivity index (χ1n) is 8.57. The van der Waals surface area contributed by atoms with Crippen LogP contribution >= 0.6 is 23.6 Å². The highest BCUT2D eigenvalue weighted by molar-refractivity contribution is 7.71. The predicted octanol–water partition coefficient (Wildman–Crippen LogP) is 4.44. The van der Waals surface area contributed by atoms with Crippen molar-refractivity contribution in [2.24, 2.45) is 0 Å². The Hall–Kier alpha value is -2.58. The van der Waals surface area contributed by atoms with Crippen LogP contribution in [-0.4, -0.2) is 25.7 Å². The minimum atomic E-state index is -0.0539. The van der Waals surface area contributed by atoms with Crippen molar-refractivity contribution >= 4 is 34.6 Å². The zero-order chi connectivity index (χ0) is 19.4. The number of rotatable bonds is 7. The average Bonchev–Trinajstić information content (AvgIpc) is 3.16. The number of anilines is 1. The number of nitrogens with one attached hydrogen (secondary N) is 2. The van der Waals surface area contributed by atoms with E-state index in [0.29, 0.717) is 35.1 Å². The molecule has 1 aromatic carbocycles. The molecule has 0 spiro atoms. The molecular weight excluding hydrogens is 378 g/mol. The van der Waals surface area contributed by atoms with Gasteiger partial charge in [0, 0.05) is 13.0 Å². The maximum absolute atomic E-state index is 12.3. The fourth-order valence-corrected chi connectivity index (χ4v) is 3.94. The third-order valence-corrected chi connectivity index (χ3v) is 5.42. The van der Waals surface area contributed by atoms with E-state index < -0.39 is 0 Å². The first-order valence-corrected chi connectivity index (χ1v) is 9.79. The number of carbonyl (C=O) groups is 1. The van der Waals surface area contributed by atoms with Crippen LogP contribution in [0.2, 0.25) is 0 Å².